The average Bonchev–Trinajstić information content (AvgIpc) is 2.95. The van der Waals surface area contributed by atoms with E-state index in [-0.39, 0.29) is 11.7 Å². The topological polar surface area (TPSA) is 43.6 Å². The number of aromatic nitrogens is 1. The number of hydrogen-bond acceptors (Lipinski definition) is 3. The molecule has 128 valence electrons. The van der Waals surface area contributed by atoms with Gasteiger partial charge in [-0.2, -0.15) is 4.99 Å². The van der Waals surface area contributed by atoms with Gasteiger partial charge in [0.15, 0.2) is 4.80 Å². The summed E-state index contributed by atoms with van der Waals surface area (Å²) in [7, 11) is 1.61. The van der Waals surface area contributed by atoms with Crippen LogP contribution < -0.4 is 4.80 Å². The first-order valence-electron chi connectivity index (χ1n) is 7.77. The fourth-order valence-corrected chi connectivity index (χ4v) is 3.48. The van der Waals surface area contributed by atoms with Crippen molar-refractivity contribution in [3.8, 4) is 0 Å². The first-order chi connectivity index (χ1) is 12.2. The lowest BCUT2D eigenvalue weighted by Gasteiger charge is -2.03. The maximum atomic E-state index is 13.5. The lowest BCUT2D eigenvalue weighted by Crippen LogP contribution is -2.18. The van der Waals surface area contributed by atoms with Crippen molar-refractivity contribution in [1.82, 2.24) is 4.57 Å². The zero-order chi connectivity index (χ0) is 17.6. The lowest BCUT2D eigenvalue weighted by molar-refractivity contribution is -0.113. The van der Waals surface area contributed by atoms with Crippen molar-refractivity contribution in [2.75, 3.05) is 13.7 Å². The van der Waals surface area contributed by atoms with Crippen molar-refractivity contribution >= 4 is 33.5 Å². The highest BCUT2D eigenvalue weighted by molar-refractivity contribution is 7.16. The number of fused-ring (bicyclic) bond motifs is 1. The van der Waals surface area contributed by atoms with E-state index in [1.807, 2.05) is 34.9 Å². The predicted molar refractivity (Wildman–Crippen MR) is 97.7 cm³/mol. The third-order valence-corrected chi connectivity index (χ3v) is 4.63. The second-order valence-electron chi connectivity index (χ2n) is 5.34. The molecule has 0 radical (unpaired) electrons. The fraction of sp³-hybridized carbons (Fsp3) is 0.158. The number of halogens is 1. The number of benzene rings is 2. The Morgan fingerprint density at radius 2 is 2.08 bits per heavy atom. The minimum atomic E-state index is -0.359. The van der Waals surface area contributed by atoms with Crippen LogP contribution in [-0.2, 0) is 16.1 Å². The first kappa shape index (κ1) is 17.3. The molecule has 1 heterocycles. The summed E-state index contributed by atoms with van der Waals surface area (Å²) in [4.78, 5) is 16.9. The molecule has 3 rings (SSSR count). The Balaban J connectivity index is 1.96. The van der Waals surface area contributed by atoms with E-state index in [1.54, 1.807) is 19.3 Å². The molecule has 6 heteroatoms. The summed E-state index contributed by atoms with van der Waals surface area (Å²) in [6.45, 7) is 1.01. The molecule has 0 N–H and O–H groups in total. The van der Waals surface area contributed by atoms with Gasteiger partial charge < -0.3 is 9.30 Å². The highest BCUT2D eigenvalue weighted by Gasteiger charge is 2.08. The number of methoxy groups -OCH3 is 1. The molecule has 0 fully saturated rings. The number of thiazole rings is 1. The Bertz CT molecular complexity index is 974. The van der Waals surface area contributed by atoms with Crippen molar-refractivity contribution in [3.63, 3.8) is 0 Å². The maximum absolute atomic E-state index is 13.5. The number of hydrogen-bond donors (Lipinski definition) is 0. The number of carbonyl (C=O) groups is 1. The second-order valence-corrected chi connectivity index (χ2v) is 6.34. The van der Waals surface area contributed by atoms with Crippen LogP contribution in [0.3, 0.4) is 0 Å². The second kappa shape index (κ2) is 8.00. The van der Waals surface area contributed by atoms with Crippen LogP contribution in [0.25, 0.3) is 16.3 Å². The molecule has 0 bridgehead atoms. The molecule has 0 spiro atoms. The smallest absolute Gasteiger partial charge is 0.272 e. The standard InChI is InChI=1S/C19H17FN2O2S/c1-24-12-11-22-16-9-8-15(20)13-17(16)25-19(22)21-18(23)10-7-14-5-3-2-4-6-14/h2-10,13H,11-12H2,1H3. The molecule has 0 aliphatic carbocycles. The first-order valence-corrected chi connectivity index (χ1v) is 8.58. The van der Waals surface area contributed by atoms with Gasteiger partial charge in [-0.3, -0.25) is 4.79 Å². The molecule has 0 atom stereocenters. The largest absolute Gasteiger partial charge is 0.383 e. The van der Waals surface area contributed by atoms with Crippen LogP contribution in [-0.4, -0.2) is 24.2 Å². The van der Waals surface area contributed by atoms with Gasteiger partial charge >= 0.3 is 0 Å². The third kappa shape index (κ3) is 4.29. The van der Waals surface area contributed by atoms with Crippen molar-refractivity contribution in [2.45, 2.75) is 6.54 Å². The molecule has 0 saturated heterocycles. The SMILES string of the molecule is COCCn1c(=NC(=O)C=Cc2ccccc2)sc2cc(F)ccc21. The summed E-state index contributed by atoms with van der Waals surface area (Å²) in [5.41, 5.74) is 1.76. The van der Waals surface area contributed by atoms with Crippen LogP contribution in [0.15, 0.2) is 59.6 Å². The van der Waals surface area contributed by atoms with Gasteiger partial charge in [0.05, 0.1) is 16.8 Å². The molecule has 1 aromatic heterocycles. The normalized spacial score (nSPS) is 12.3. The van der Waals surface area contributed by atoms with Crippen LogP contribution in [0.1, 0.15) is 5.56 Å². The third-order valence-electron chi connectivity index (χ3n) is 3.59. The molecule has 3 aromatic rings. The summed E-state index contributed by atoms with van der Waals surface area (Å²) in [6.07, 6.45) is 3.15. The van der Waals surface area contributed by atoms with Gasteiger partial charge in [0, 0.05) is 19.7 Å². The van der Waals surface area contributed by atoms with Gasteiger partial charge in [0.2, 0.25) is 0 Å². The van der Waals surface area contributed by atoms with E-state index in [0.717, 1.165) is 15.8 Å². The van der Waals surface area contributed by atoms with E-state index in [1.165, 1.54) is 29.5 Å². The van der Waals surface area contributed by atoms with Crippen LogP contribution >= 0.6 is 11.3 Å². The minimum Gasteiger partial charge on any atom is -0.383 e. The fourth-order valence-electron chi connectivity index (χ4n) is 2.39. The Labute approximate surface area is 148 Å². The average molecular weight is 356 g/mol. The van der Waals surface area contributed by atoms with Crippen LogP contribution in [0.5, 0.6) is 0 Å². The van der Waals surface area contributed by atoms with Crippen molar-refractivity contribution in [2.24, 2.45) is 4.99 Å². The van der Waals surface area contributed by atoms with Crippen LogP contribution in [0.2, 0.25) is 0 Å². The van der Waals surface area contributed by atoms with E-state index in [0.29, 0.717) is 18.0 Å². The van der Waals surface area contributed by atoms with Crippen molar-refractivity contribution < 1.29 is 13.9 Å². The van der Waals surface area contributed by atoms with E-state index in [2.05, 4.69) is 4.99 Å². The summed E-state index contributed by atoms with van der Waals surface area (Å²) in [6, 6.07) is 14.1. The Hall–Kier alpha value is -2.57. The Morgan fingerprint density at radius 3 is 2.84 bits per heavy atom. The number of nitrogens with zero attached hydrogens (tertiary/aromatic N) is 2. The van der Waals surface area contributed by atoms with Gasteiger partial charge in [0.25, 0.3) is 5.91 Å². The molecule has 1 amide bonds. The molecular formula is C19H17FN2O2S. The van der Waals surface area contributed by atoms with Crippen LogP contribution in [0.4, 0.5) is 4.39 Å². The monoisotopic (exact) mass is 356 g/mol. The Kier molecular flexibility index (Phi) is 5.53. The van der Waals surface area contributed by atoms with E-state index in [4.69, 9.17) is 4.74 Å². The summed E-state index contributed by atoms with van der Waals surface area (Å²) >= 11 is 1.28. The molecule has 0 aliphatic rings. The van der Waals surface area contributed by atoms with E-state index >= 15 is 0 Å². The summed E-state index contributed by atoms with van der Waals surface area (Å²) in [5, 5.41) is 0. The molecule has 25 heavy (non-hydrogen) atoms. The minimum absolute atomic E-state index is 0.311. The lowest BCUT2D eigenvalue weighted by atomic mass is 10.2. The number of ether oxygens (including phenoxy) is 1. The van der Waals surface area contributed by atoms with Gasteiger partial charge in [-0.05, 0) is 29.8 Å². The van der Waals surface area contributed by atoms with E-state index < -0.39 is 0 Å². The predicted octanol–water partition coefficient (Wildman–Crippen LogP) is 3.63. The van der Waals surface area contributed by atoms with Crippen LogP contribution in [0, 0.1) is 5.82 Å². The van der Waals surface area contributed by atoms with Gasteiger partial charge in [-0.15, -0.1) is 0 Å². The molecule has 0 aliphatic heterocycles. The van der Waals surface area contributed by atoms with Gasteiger partial charge in [-0.1, -0.05) is 41.7 Å². The number of carbonyl (C=O) groups excluding carboxylic acids is 1. The van der Waals surface area contributed by atoms with Crippen molar-refractivity contribution in [3.05, 3.63) is 70.8 Å². The quantitative estimate of drug-likeness (QED) is 0.655. The number of rotatable bonds is 5. The zero-order valence-electron chi connectivity index (χ0n) is 13.7. The highest BCUT2D eigenvalue weighted by Crippen LogP contribution is 2.18. The van der Waals surface area contributed by atoms with Gasteiger partial charge in [0.1, 0.15) is 5.82 Å². The molecule has 0 unspecified atom stereocenters. The summed E-state index contributed by atoms with van der Waals surface area (Å²) in [5.74, 6) is -0.670. The summed E-state index contributed by atoms with van der Waals surface area (Å²) < 4.78 is 21.2. The molecule has 2 aromatic carbocycles. The molecular weight excluding hydrogens is 339 g/mol. The molecule has 0 saturated carbocycles. The molecule has 4 nitrogen and oxygen atoms in total. The van der Waals surface area contributed by atoms with Gasteiger partial charge in [-0.25, -0.2) is 4.39 Å². The zero-order valence-corrected chi connectivity index (χ0v) is 14.5. The highest BCUT2D eigenvalue weighted by atomic mass is 32.1. The maximum Gasteiger partial charge on any atom is 0.272 e. The van der Waals surface area contributed by atoms with Crippen molar-refractivity contribution in [1.29, 1.82) is 0 Å². The van der Waals surface area contributed by atoms with E-state index in [9.17, 15) is 9.18 Å². The Morgan fingerprint density at radius 1 is 1.28 bits per heavy atom. The number of amides is 1.